The van der Waals surface area contributed by atoms with Crippen LogP contribution in [0.4, 0.5) is 4.79 Å². The topological polar surface area (TPSA) is 58.6 Å². The van der Waals surface area contributed by atoms with Gasteiger partial charge in [0.05, 0.1) is 11.6 Å². The summed E-state index contributed by atoms with van der Waals surface area (Å²) in [4.78, 5) is 25.7. The van der Waals surface area contributed by atoms with E-state index in [1.807, 2.05) is 36.4 Å². The van der Waals surface area contributed by atoms with E-state index >= 15 is 0 Å². The molecule has 0 radical (unpaired) electrons. The fraction of sp³-hybridized carbons (Fsp3) is 0.200. The van der Waals surface area contributed by atoms with E-state index in [9.17, 15) is 9.59 Å². The summed E-state index contributed by atoms with van der Waals surface area (Å²) >= 11 is 6.47. The molecule has 2 amide bonds. The molecule has 6 heteroatoms. The van der Waals surface area contributed by atoms with Gasteiger partial charge in [0, 0.05) is 24.7 Å². The van der Waals surface area contributed by atoms with E-state index in [0.29, 0.717) is 10.6 Å². The first kappa shape index (κ1) is 18.0. The van der Waals surface area contributed by atoms with Gasteiger partial charge < -0.3 is 15.0 Å². The third-order valence-corrected chi connectivity index (χ3v) is 4.44. The number of hydrogen-bond acceptors (Lipinski definition) is 3. The number of benzene rings is 2. The van der Waals surface area contributed by atoms with E-state index in [2.05, 4.69) is 5.32 Å². The molecule has 2 aromatic rings. The van der Waals surface area contributed by atoms with Gasteiger partial charge >= 0.3 is 6.09 Å². The van der Waals surface area contributed by atoms with Gasteiger partial charge in [0.1, 0.15) is 5.76 Å². The number of nitrogens with one attached hydrogen (secondary N) is 1. The predicted molar refractivity (Wildman–Crippen MR) is 102 cm³/mol. The number of carbonyl (C=O) groups excluding carboxylic acids is 2. The highest BCUT2D eigenvalue weighted by atomic mass is 35.5. The molecule has 1 heterocycles. The van der Waals surface area contributed by atoms with Gasteiger partial charge in [-0.25, -0.2) is 4.79 Å². The van der Waals surface area contributed by atoms with Crippen LogP contribution in [0.5, 0.6) is 0 Å². The second-order valence-electron chi connectivity index (χ2n) is 6.26. The molecule has 1 aliphatic heterocycles. The Morgan fingerprint density at radius 3 is 2.42 bits per heavy atom. The van der Waals surface area contributed by atoms with Crippen LogP contribution in [0.1, 0.15) is 12.5 Å². The molecule has 3 rings (SSSR count). The molecular weight excluding hydrogens is 352 g/mol. The maximum Gasteiger partial charge on any atom is 0.414 e. The van der Waals surface area contributed by atoms with Crippen molar-refractivity contribution >= 4 is 29.2 Å². The minimum absolute atomic E-state index is 0.281. The monoisotopic (exact) mass is 370 g/mol. The first-order chi connectivity index (χ1) is 12.4. The third-order valence-electron chi connectivity index (χ3n) is 4.12. The number of hydrogen-bond donors (Lipinski definition) is 1. The first-order valence-corrected chi connectivity index (χ1v) is 8.55. The average molecular weight is 371 g/mol. The minimum Gasteiger partial charge on any atom is -0.412 e. The molecule has 134 valence electrons. The predicted octanol–water partition coefficient (Wildman–Crippen LogP) is 3.93. The molecule has 0 aliphatic carbocycles. The molecule has 0 fully saturated rings. The van der Waals surface area contributed by atoms with Gasteiger partial charge in [0.25, 0.3) is 5.91 Å². The molecule has 0 aromatic heterocycles. The molecule has 5 nitrogen and oxygen atoms in total. The summed E-state index contributed by atoms with van der Waals surface area (Å²) in [7, 11) is 3.16. The molecule has 1 aliphatic rings. The van der Waals surface area contributed by atoms with Gasteiger partial charge in [-0.1, -0.05) is 54.1 Å². The Labute approximate surface area is 157 Å². The first-order valence-electron chi connectivity index (χ1n) is 8.18. The van der Waals surface area contributed by atoms with E-state index in [4.69, 9.17) is 16.3 Å². The van der Waals surface area contributed by atoms with Crippen molar-refractivity contribution in [1.82, 2.24) is 10.2 Å². The summed E-state index contributed by atoms with van der Waals surface area (Å²) < 4.78 is 5.42. The van der Waals surface area contributed by atoms with E-state index in [1.165, 1.54) is 4.90 Å². The van der Waals surface area contributed by atoms with Crippen LogP contribution in [0.25, 0.3) is 16.7 Å². The lowest BCUT2D eigenvalue weighted by molar-refractivity contribution is -0.115. The zero-order valence-corrected chi connectivity index (χ0v) is 15.5. The molecule has 0 bridgehead atoms. The summed E-state index contributed by atoms with van der Waals surface area (Å²) in [6.07, 6.45) is -0.544. The van der Waals surface area contributed by atoms with Crippen LogP contribution in [0.3, 0.4) is 0 Å². The van der Waals surface area contributed by atoms with Gasteiger partial charge in [0.15, 0.2) is 0 Å². The van der Waals surface area contributed by atoms with E-state index in [1.54, 1.807) is 33.2 Å². The van der Waals surface area contributed by atoms with Crippen LogP contribution in [0.2, 0.25) is 5.02 Å². The van der Waals surface area contributed by atoms with Crippen LogP contribution in [0.15, 0.2) is 54.3 Å². The number of carbonyl (C=O) groups is 2. The highest BCUT2D eigenvalue weighted by Gasteiger charge is 2.34. The molecule has 0 saturated heterocycles. The van der Waals surface area contributed by atoms with Gasteiger partial charge in [-0.05, 0) is 24.1 Å². The summed E-state index contributed by atoms with van der Waals surface area (Å²) in [5, 5.41) is 3.19. The van der Waals surface area contributed by atoms with Crippen LogP contribution >= 0.6 is 11.6 Å². The van der Waals surface area contributed by atoms with Gasteiger partial charge in [-0.15, -0.1) is 0 Å². The van der Waals surface area contributed by atoms with Crippen molar-refractivity contribution in [3.8, 4) is 11.1 Å². The van der Waals surface area contributed by atoms with Crippen molar-refractivity contribution in [2.24, 2.45) is 0 Å². The Balaban J connectivity index is 2.04. The van der Waals surface area contributed by atoms with Crippen molar-refractivity contribution in [2.75, 3.05) is 14.1 Å². The highest BCUT2D eigenvalue weighted by Crippen LogP contribution is 2.35. The van der Waals surface area contributed by atoms with E-state index in [-0.39, 0.29) is 17.2 Å². The molecule has 2 aromatic carbocycles. The van der Waals surface area contributed by atoms with Crippen molar-refractivity contribution in [3.63, 3.8) is 0 Å². The summed E-state index contributed by atoms with van der Waals surface area (Å²) in [5.41, 5.74) is 2.80. The Hall–Kier alpha value is -2.79. The molecule has 0 spiro atoms. The Kier molecular flexibility index (Phi) is 5.00. The van der Waals surface area contributed by atoms with Crippen LogP contribution in [-0.2, 0) is 9.53 Å². The zero-order chi connectivity index (χ0) is 18.8. The summed E-state index contributed by atoms with van der Waals surface area (Å²) in [6, 6.07) is 14.9. The molecule has 1 atom stereocenters. The normalized spacial score (nSPS) is 16.5. The molecule has 1 N–H and O–H groups in total. The lowest BCUT2D eigenvalue weighted by Crippen LogP contribution is -2.29. The van der Waals surface area contributed by atoms with Crippen molar-refractivity contribution in [3.05, 3.63) is 64.9 Å². The molecule has 26 heavy (non-hydrogen) atoms. The maximum absolute atomic E-state index is 12.4. The fourth-order valence-electron chi connectivity index (χ4n) is 2.77. The van der Waals surface area contributed by atoms with Crippen LogP contribution in [-0.4, -0.2) is 37.0 Å². The van der Waals surface area contributed by atoms with Crippen LogP contribution < -0.4 is 5.32 Å². The second-order valence-corrected chi connectivity index (χ2v) is 6.66. The summed E-state index contributed by atoms with van der Waals surface area (Å²) in [5.74, 6) is -0.0310. The maximum atomic E-state index is 12.4. The Bertz CT molecular complexity index is 891. The fourth-order valence-corrected chi connectivity index (χ4v) is 3.05. The van der Waals surface area contributed by atoms with Crippen molar-refractivity contribution in [2.45, 2.75) is 13.0 Å². The summed E-state index contributed by atoms with van der Waals surface area (Å²) in [6.45, 7) is 1.76. The zero-order valence-electron chi connectivity index (χ0n) is 14.7. The average Bonchev–Trinajstić information content (AvgIpc) is 2.89. The van der Waals surface area contributed by atoms with Crippen molar-refractivity contribution < 1.29 is 14.3 Å². The van der Waals surface area contributed by atoms with Crippen molar-refractivity contribution in [1.29, 1.82) is 0 Å². The Morgan fingerprint density at radius 1 is 1.12 bits per heavy atom. The smallest absolute Gasteiger partial charge is 0.412 e. The Morgan fingerprint density at radius 2 is 1.81 bits per heavy atom. The standard InChI is InChI=1S/C20H19ClN2O3/c1-12-18(26-20(25)23(2)3)17(19(24)22-12)15-10-9-14(11-16(15)21)13-7-5-4-6-8-13/h4-12H,1-3H3,(H,22,24). The molecular formula is C20H19ClN2O3. The highest BCUT2D eigenvalue weighted by molar-refractivity contribution is 6.35. The largest absolute Gasteiger partial charge is 0.414 e. The number of nitrogens with zero attached hydrogens (tertiary/aromatic N) is 1. The number of rotatable bonds is 3. The second kappa shape index (κ2) is 7.22. The lowest BCUT2D eigenvalue weighted by atomic mass is 9.99. The van der Waals surface area contributed by atoms with Gasteiger partial charge in [0.2, 0.25) is 0 Å². The third kappa shape index (κ3) is 3.44. The number of halogens is 1. The minimum atomic E-state index is -0.544. The van der Waals surface area contributed by atoms with E-state index < -0.39 is 12.1 Å². The number of amides is 2. The van der Waals surface area contributed by atoms with Crippen LogP contribution in [0, 0.1) is 0 Å². The lowest BCUT2D eigenvalue weighted by Gasteiger charge is -2.15. The number of ether oxygens (including phenoxy) is 1. The van der Waals surface area contributed by atoms with E-state index in [0.717, 1.165) is 11.1 Å². The quantitative estimate of drug-likeness (QED) is 0.890. The molecule has 0 saturated carbocycles. The molecule has 1 unspecified atom stereocenters. The SMILES string of the molecule is CC1NC(=O)C(c2ccc(-c3ccccc3)cc2Cl)=C1OC(=O)N(C)C. The van der Waals surface area contributed by atoms with Gasteiger partial charge in [-0.3, -0.25) is 4.79 Å². The van der Waals surface area contributed by atoms with Gasteiger partial charge in [-0.2, -0.15) is 0 Å².